The van der Waals surface area contributed by atoms with Crippen LogP contribution in [0.1, 0.15) is 25.1 Å². The number of aromatic nitrogens is 1. The van der Waals surface area contributed by atoms with Crippen LogP contribution in [0, 0.1) is 0 Å². The van der Waals surface area contributed by atoms with E-state index >= 15 is 0 Å². The van der Waals surface area contributed by atoms with Crippen molar-refractivity contribution in [2.45, 2.75) is 25.9 Å². The fourth-order valence-electron chi connectivity index (χ4n) is 3.99. The summed E-state index contributed by atoms with van der Waals surface area (Å²) in [7, 11) is 1.66. The van der Waals surface area contributed by atoms with E-state index < -0.39 is 5.60 Å². The average Bonchev–Trinajstić information content (AvgIpc) is 3.02. The summed E-state index contributed by atoms with van der Waals surface area (Å²) in [5, 5.41) is 4.07. The first-order valence-corrected chi connectivity index (χ1v) is 9.19. The van der Waals surface area contributed by atoms with Crippen molar-refractivity contribution in [3.05, 3.63) is 59.8 Å². The summed E-state index contributed by atoms with van der Waals surface area (Å²) >= 11 is 0. The van der Waals surface area contributed by atoms with Crippen LogP contribution in [0.3, 0.4) is 0 Å². The highest BCUT2D eigenvalue weighted by molar-refractivity contribution is 5.90. The van der Waals surface area contributed by atoms with Gasteiger partial charge in [-0.25, -0.2) is 0 Å². The Morgan fingerprint density at radius 3 is 2.70 bits per heavy atom. The van der Waals surface area contributed by atoms with Crippen LogP contribution in [0.15, 0.2) is 48.5 Å². The summed E-state index contributed by atoms with van der Waals surface area (Å²) in [4.78, 5) is 17.2. The van der Waals surface area contributed by atoms with E-state index in [4.69, 9.17) is 9.57 Å². The Balaban J connectivity index is 1.89. The van der Waals surface area contributed by atoms with Crippen LogP contribution in [0.4, 0.5) is 0 Å². The smallest absolute Gasteiger partial charge is 0.216 e. The van der Waals surface area contributed by atoms with E-state index in [1.165, 1.54) is 29.0 Å². The zero-order valence-corrected chi connectivity index (χ0v) is 15.9. The molecule has 0 fully saturated rings. The van der Waals surface area contributed by atoms with Gasteiger partial charge in [-0.1, -0.05) is 36.4 Å². The van der Waals surface area contributed by atoms with Crippen molar-refractivity contribution in [2.75, 3.05) is 20.3 Å². The lowest BCUT2D eigenvalue weighted by atomic mass is 9.92. The van der Waals surface area contributed by atoms with Crippen LogP contribution in [0.2, 0.25) is 0 Å². The Hall–Kier alpha value is -2.79. The number of hydrogen-bond acceptors (Lipinski definition) is 3. The van der Waals surface area contributed by atoms with E-state index in [-0.39, 0.29) is 5.91 Å². The summed E-state index contributed by atoms with van der Waals surface area (Å²) < 4.78 is 7.96. The van der Waals surface area contributed by atoms with E-state index in [1.54, 1.807) is 7.11 Å². The molecule has 1 aromatic heterocycles. The van der Waals surface area contributed by atoms with Gasteiger partial charge in [-0.3, -0.25) is 4.79 Å². The topological polar surface area (TPSA) is 52.5 Å². The number of fused-ring (bicyclic) bond motifs is 3. The molecule has 1 aliphatic heterocycles. The highest BCUT2D eigenvalue weighted by Crippen LogP contribution is 2.39. The van der Waals surface area contributed by atoms with Gasteiger partial charge in [-0.05, 0) is 42.2 Å². The normalized spacial score (nSPS) is 18.9. The Labute approximate surface area is 158 Å². The molecule has 1 aliphatic rings. The number of rotatable bonds is 4. The van der Waals surface area contributed by atoms with Gasteiger partial charge in [-0.2, -0.15) is 4.73 Å². The van der Waals surface area contributed by atoms with Crippen molar-refractivity contribution in [2.24, 2.45) is 0 Å². The van der Waals surface area contributed by atoms with E-state index in [0.29, 0.717) is 13.2 Å². The van der Waals surface area contributed by atoms with Gasteiger partial charge < -0.3 is 14.9 Å². The van der Waals surface area contributed by atoms with Gasteiger partial charge >= 0.3 is 0 Å². The second-order valence-electron chi connectivity index (χ2n) is 7.14. The van der Waals surface area contributed by atoms with Crippen LogP contribution in [0.25, 0.3) is 22.0 Å². The molecule has 0 aliphatic carbocycles. The molecule has 2 aromatic carbocycles. The maximum absolute atomic E-state index is 11.5. The minimum Gasteiger partial charge on any atom is -0.417 e. The van der Waals surface area contributed by atoms with Gasteiger partial charge in [0.25, 0.3) is 0 Å². The average molecular weight is 364 g/mol. The van der Waals surface area contributed by atoms with Crippen LogP contribution in [0.5, 0.6) is 0 Å². The summed E-state index contributed by atoms with van der Waals surface area (Å²) in [5.74, 6) is -0.0709. The van der Waals surface area contributed by atoms with Gasteiger partial charge in [0.2, 0.25) is 5.91 Å². The van der Waals surface area contributed by atoms with Gasteiger partial charge in [0, 0.05) is 12.3 Å². The first-order valence-electron chi connectivity index (χ1n) is 9.19. The molecule has 1 amide bonds. The quantitative estimate of drug-likeness (QED) is 0.773. The predicted molar refractivity (Wildman–Crippen MR) is 106 cm³/mol. The number of nitrogens with zero attached hydrogens (tertiary/aromatic N) is 1. The van der Waals surface area contributed by atoms with Crippen LogP contribution in [-0.4, -0.2) is 30.9 Å². The third-order valence-electron chi connectivity index (χ3n) is 5.27. The molecule has 0 saturated heterocycles. The number of hydrogen-bond donors (Lipinski definition) is 1. The van der Waals surface area contributed by atoms with Gasteiger partial charge in [0.05, 0.1) is 24.4 Å². The second-order valence-corrected chi connectivity index (χ2v) is 7.14. The molecule has 3 aromatic rings. The number of amides is 1. The fraction of sp³-hybridized carbons (Fsp3) is 0.318. The maximum atomic E-state index is 11.5. The van der Waals surface area contributed by atoms with Gasteiger partial charge in [0.15, 0.2) is 0 Å². The molecule has 2 heterocycles. The lowest BCUT2D eigenvalue weighted by Gasteiger charge is -2.35. The van der Waals surface area contributed by atoms with Crippen molar-refractivity contribution >= 4 is 16.8 Å². The molecule has 1 atom stereocenters. The van der Waals surface area contributed by atoms with E-state index in [1.807, 2.05) is 29.9 Å². The highest BCUT2D eigenvalue weighted by Gasteiger charge is 2.39. The molecule has 5 nitrogen and oxygen atoms in total. The molecule has 1 N–H and O–H groups in total. The molecule has 5 heteroatoms. The zero-order chi connectivity index (χ0) is 19.0. The Morgan fingerprint density at radius 2 is 2.00 bits per heavy atom. The maximum Gasteiger partial charge on any atom is 0.216 e. The van der Waals surface area contributed by atoms with Crippen LogP contribution >= 0.6 is 0 Å². The summed E-state index contributed by atoms with van der Waals surface area (Å²) in [6.07, 6.45) is 0.816. The standard InChI is InChI=1S/C22H24N2O3/c1-15(25)23-14-22(2)21-18(11-12-27-22)19-13-17(16-7-5-4-6-8-16)9-10-20(19)24(21)26-3/h4-10,13H,11-12,14H2,1-3H3,(H,23,25). The van der Waals surface area contributed by atoms with Crippen molar-refractivity contribution in [3.63, 3.8) is 0 Å². The highest BCUT2D eigenvalue weighted by atomic mass is 16.6. The molecule has 0 spiro atoms. The summed E-state index contributed by atoms with van der Waals surface area (Å²) in [6.45, 7) is 4.54. The Kier molecular flexibility index (Phi) is 4.40. The SMILES string of the molecule is COn1c2c(c3cc(-c4ccccc4)ccc31)CCOC2(C)CNC(C)=O. The number of nitrogens with one attached hydrogen (secondary N) is 1. The first kappa shape index (κ1) is 17.6. The van der Waals surface area contributed by atoms with E-state index in [2.05, 4.69) is 35.6 Å². The number of carbonyl (C=O) groups excluding carboxylic acids is 1. The van der Waals surface area contributed by atoms with Crippen LogP contribution in [-0.2, 0) is 21.6 Å². The summed E-state index contributed by atoms with van der Waals surface area (Å²) in [5.41, 5.74) is 4.94. The van der Waals surface area contributed by atoms with Crippen LogP contribution < -0.4 is 10.2 Å². The molecule has 1 unspecified atom stereocenters. The lowest BCUT2D eigenvalue weighted by Crippen LogP contribution is -2.44. The molecule has 140 valence electrons. The Morgan fingerprint density at radius 1 is 1.22 bits per heavy atom. The first-order chi connectivity index (χ1) is 13.0. The number of ether oxygens (including phenoxy) is 1. The van der Waals surface area contributed by atoms with Crippen molar-refractivity contribution in [1.82, 2.24) is 10.0 Å². The zero-order valence-electron chi connectivity index (χ0n) is 15.9. The minimum atomic E-state index is -0.638. The second kappa shape index (κ2) is 6.74. The Bertz CT molecular complexity index is 994. The van der Waals surface area contributed by atoms with E-state index in [9.17, 15) is 4.79 Å². The predicted octanol–water partition coefficient (Wildman–Crippen LogP) is 3.29. The number of benzene rings is 2. The third kappa shape index (κ3) is 2.98. The minimum absolute atomic E-state index is 0.0709. The largest absolute Gasteiger partial charge is 0.417 e. The van der Waals surface area contributed by atoms with Crippen molar-refractivity contribution in [3.8, 4) is 11.1 Å². The van der Waals surface area contributed by atoms with Gasteiger partial charge in [0.1, 0.15) is 12.7 Å². The molecule has 0 saturated carbocycles. The molecule has 0 radical (unpaired) electrons. The molecular weight excluding hydrogens is 340 g/mol. The molecular formula is C22H24N2O3. The summed E-state index contributed by atoms with van der Waals surface area (Å²) in [6, 6.07) is 16.8. The third-order valence-corrected chi connectivity index (χ3v) is 5.27. The van der Waals surface area contributed by atoms with Crippen molar-refractivity contribution in [1.29, 1.82) is 0 Å². The number of carbonyl (C=O) groups is 1. The molecule has 4 rings (SSSR count). The van der Waals surface area contributed by atoms with Crippen molar-refractivity contribution < 1.29 is 14.4 Å². The molecule has 27 heavy (non-hydrogen) atoms. The van der Waals surface area contributed by atoms with Gasteiger partial charge in [-0.15, -0.1) is 0 Å². The molecule has 0 bridgehead atoms. The fourth-order valence-corrected chi connectivity index (χ4v) is 3.99. The van der Waals surface area contributed by atoms with E-state index in [0.717, 1.165) is 17.6 Å². The lowest BCUT2D eigenvalue weighted by molar-refractivity contribution is -0.121. The monoisotopic (exact) mass is 364 g/mol.